The lowest BCUT2D eigenvalue weighted by atomic mass is 10.2. The third-order valence-corrected chi connectivity index (χ3v) is 3.30. The monoisotopic (exact) mass is 278 g/mol. The minimum Gasteiger partial charge on any atom is -0.480 e. The number of benzene rings is 1. The van der Waals surface area contributed by atoms with Crippen LogP contribution in [0.4, 0.5) is 0 Å². The van der Waals surface area contributed by atoms with Gasteiger partial charge >= 0.3 is 17.6 Å². The molecular weight excluding hydrogens is 264 g/mol. The molecule has 7 heteroatoms. The number of para-hydroxylation sites is 2. The molecule has 7 nitrogen and oxygen atoms in total. The summed E-state index contributed by atoms with van der Waals surface area (Å²) in [6.07, 6.45) is 0. The number of rotatable bonds is 4. The zero-order chi connectivity index (χ0) is 15.0. The molecule has 0 radical (unpaired) electrons. The fourth-order valence-corrected chi connectivity index (χ4v) is 2.16. The average Bonchev–Trinajstić information content (AvgIpc) is 2.68. The topological polar surface area (TPSA) is 102 Å². The predicted molar refractivity (Wildman–Crippen MR) is 70.9 cm³/mol. The highest BCUT2D eigenvalue weighted by Crippen LogP contribution is 2.20. The van der Waals surface area contributed by atoms with Gasteiger partial charge < -0.3 is 10.2 Å². The first-order valence-corrected chi connectivity index (χ1v) is 6.03. The highest BCUT2D eigenvalue weighted by atomic mass is 16.4. The standard InChI is InChI=1S/C13H14N2O5/c1-7(11(16)17)14-9-5-3-4-6-10(9)15(13(14)20)8(2)12(18)19/h3-8H,1-2H3,(H,16,17)(H,18,19). The number of fused-ring (bicyclic) bond motifs is 1. The highest BCUT2D eigenvalue weighted by Gasteiger charge is 2.26. The molecule has 0 fully saturated rings. The Bertz CT molecular complexity index is 683. The van der Waals surface area contributed by atoms with E-state index in [0.29, 0.717) is 11.0 Å². The molecule has 0 saturated heterocycles. The maximum Gasteiger partial charge on any atom is 0.330 e. The van der Waals surface area contributed by atoms with Crippen molar-refractivity contribution in [1.82, 2.24) is 9.13 Å². The second-order valence-corrected chi connectivity index (χ2v) is 4.54. The zero-order valence-electron chi connectivity index (χ0n) is 11.0. The van der Waals surface area contributed by atoms with Crippen molar-refractivity contribution in [2.24, 2.45) is 0 Å². The molecule has 0 aliphatic carbocycles. The van der Waals surface area contributed by atoms with Gasteiger partial charge in [0, 0.05) is 0 Å². The van der Waals surface area contributed by atoms with Gasteiger partial charge in [-0.1, -0.05) is 12.1 Å². The number of carboxylic acids is 2. The Balaban J connectivity index is 2.84. The Morgan fingerprint density at radius 1 is 0.950 bits per heavy atom. The molecule has 0 amide bonds. The van der Waals surface area contributed by atoms with Crippen molar-refractivity contribution in [3.8, 4) is 0 Å². The summed E-state index contributed by atoms with van der Waals surface area (Å²) in [7, 11) is 0. The summed E-state index contributed by atoms with van der Waals surface area (Å²) in [5.41, 5.74) is 0.164. The Hall–Kier alpha value is -2.57. The molecule has 2 atom stereocenters. The molecule has 0 aliphatic heterocycles. The van der Waals surface area contributed by atoms with Crippen LogP contribution in [-0.2, 0) is 9.59 Å². The summed E-state index contributed by atoms with van der Waals surface area (Å²) in [6.45, 7) is 2.76. The molecule has 1 aromatic heterocycles. The van der Waals surface area contributed by atoms with Crippen molar-refractivity contribution in [3.05, 3.63) is 34.7 Å². The summed E-state index contributed by atoms with van der Waals surface area (Å²) >= 11 is 0. The van der Waals surface area contributed by atoms with Crippen molar-refractivity contribution in [2.45, 2.75) is 25.9 Å². The van der Waals surface area contributed by atoms with E-state index < -0.39 is 29.7 Å². The van der Waals surface area contributed by atoms with Crippen LogP contribution < -0.4 is 5.69 Å². The third kappa shape index (κ3) is 1.97. The fraction of sp³-hybridized carbons (Fsp3) is 0.308. The van der Waals surface area contributed by atoms with Crippen LogP contribution in [0, 0.1) is 0 Å². The second-order valence-electron chi connectivity index (χ2n) is 4.54. The van der Waals surface area contributed by atoms with Gasteiger partial charge in [-0.25, -0.2) is 14.4 Å². The van der Waals surface area contributed by atoms with Crippen molar-refractivity contribution in [2.75, 3.05) is 0 Å². The summed E-state index contributed by atoms with van der Waals surface area (Å²) in [6, 6.07) is 4.39. The molecule has 106 valence electrons. The van der Waals surface area contributed by atoms with Gasteiger partial charge in [0.25, 0.3) is 0 Å². The van der Waals surface area contributed by atoms with E-state index in [-0.39, 0.29) is 0 Å². The molecule has 2 unspecified atom stereocenters. The van der Waals surface area contributed by atoms with E-state index in [2.05, 4.69) is 0 Å². The molecular formula is C13H14N2O5. The van der Waals surface area contributed by atoms with Crippen molar-refractivity contribution < 1.29 is 19.8 Å². The number of nitrogens with zero attached hydrogens (tertiary/aromatic N) is 2. The van der Waals surface area contributed by atoms with Gasteiger partial charge in [0.1, 0.15) is 12.1 Å². The van der Waals surface area contributed by atoms with Gasteiger partial charge in [0.2, 0.25) is 0 Å². The van der Waals surface area contributed by atoms with Gasteiger partial charge in [0.05, 0.1) is 11.0 Å². The largest absolute Gasteiger partial charge is 0.480 e. The number of aromatic nitrogens is 2. The Morgan fingerprint density at radius 2 is 1.30 bits per heavy atom. The Kier molecular flexibility index (Phi) is 3.35. The van der Waals surface area contributed by atoms with Gasteiger partial charge in [0.15, 0.2) is 0 Å². The van der Waals surface area contributed by atoms with Crippen LogP contribution in [0.3, 0.4) is 0 Å². The molecule has 2 rings (SSSR count). The van der Waals surface area contributed by atoms with Crippen molar-refractivity contribution >= 4 is 23.0 Å². The molecule has 1 aromatic carbocycles. The van der Waals surface area contributed by atoms with Crippen LogP contribution in [0.25, 0.3) is 11.0 Å². The van der Waals surface area contributed by atoms with E-state index in [1.807, 2.05) is 0 Å². The van der Waals surface area contributed by atoms with Crippen molar-refractivity contribution in [3.63, 3.8) is 0 Å². The normalized spacial score (nSPS) is 14.1. The molecule has 2 aromatic rings. The quantitative estimate of drug-likeness (QED) is 0.871. The van der Waals surface area contributed by atoms with E-state index >= 15 is 0 Å². The lowest BCUT2D eigenvalue weighted by Crippen LogP contribution is -2.33. The molecule has 20 heavy (non-hydrogen) atoms. The summed E-state index contributed by atoms with van der Waals surface area (Å²) in [4.78, 5) is 34.6. The predicted octanol–water partition coefficient (Wildman–Crippen LogP) is 1.09. The molecule has 2 N–H and O–H groups in total. The summed E-state index contributed by atoms with van der Waals surface area (Å²) in [5, 5.41) is 18.2. The first kappa shape index (κ1) is 13.9. The number of hydrogen-bond donors (Lipinski definition) is 2. The summed E-state index contributed by atoms with van der Waals surface area (Å²) < 4.78 is 2.19. The SMILES string of the molecule is CC(C(=O)O)n1c(=O)n(C(C)C(=O)O)c2ccccc21. The number of aliphatic carboxylic acids is 2. The molecule has 0 saturated carbocycles. The fourth-order valence-electron chi connectivity index (χ4n) is 2.16. The van der Waals surface area contributed by atoms with Crippen molar-refractivity contribution in [1.29, 1.82) is 0 Å². The number of hydrogen-bond acceptors (Lipinski definition) is 3. The first-order valence-electron chi connectivity index (χ1n) is 6.03. The van der Waals surface area contributed by atoms with E-state index in [4.69, 9.17) is 10.2 Å². The third-order valence-electron chi connectivity index (χ3n) is 3.30. The minimum atomic E-state index is -1.15. The molecule has 0 spiro atoms. The Labute approximate surface area is 113 Å². The number of carboxylic acid groups (broad SMARTS) is 2. The van der Waals surface area contributed by atoms with Crippen LogP contribution in [0.15, 0.2) is 29.1 Å². The molecule has 0 aliphatic rings. The second kappa shape index (κ2) is 4.84. The van der Waals surface area contributed by atoms with E-state index in [0.717, 1.165) is 9.13 Å². The van der Waals surface area contributed by atoms with E-state index in [1.54, 1.807) is 24.3 Å². The minimum absolute atomic E-state index is 0.403. The molecule has 0 bridgehead atoms. The number of imidazole rings is 1. The lowest BCUT2D eigenvalue weighted by Gasteiger charge is -2.09. The van der Waals surface area contributed by atoms with Gasteiger partial charge in [-0.15, -0.1) is 0 Å². The zero-order valence-corrected chi connectivity index (χ0v) is 11.0. The van der Waals surface area contributed by atoms with Crippen LogP contribution in [0.2, 0.25) is 0 Å². The van der Waals surface area contributed by atoms with Crippen LogP contribution in [0.5, 0.6) is 0 Å². The summed E-state index contributed by atoms with van der Waals surface area (Å²) in [5.74, 6) is -2.31. The maximum atomic E-state index is 12.4. The first-order chi connectivity index (χ1) is 9.36. The van der Waals surface area contributed by atoms with Gasteiger partial charge in [-0.3, -0.25) is 9.13 Å². The van der Waals surface area contributed by atoms with Crippen LogP contribution in [-0.4, -0.2) is 31.3 Å². The number of carbonyl (C=O) groups is 2. The van der Waals surface area contributed by atoms with Gasteiger partial charge in [-0.05, 0) is 26.0 Å². The van der Waals surface area contributed by atoms with Crippen LogP contribution >= 0.6 is 0 Å². The van der Waals surface area contributed by atoms with E-state index in [1.165, 1.54) is 13.8 Å². The average molecular weight is 278 g/mol. The highest BCUT2D eigenvalue weighted by molar-refractivity contribution is 5.82. The lowest BCUT2D eigenvalue weighted by molar-refractivity contribution is -0.140. The Morgan fingerprint density at radius 3 is 1.60 bits per heavy atom. The van der Waals surface area contributed by atoms with E-state index in [9.17, 15) is 14.4 Å². The van der Waals surface area contributed by atoms with Gasteiger partial charge in [-0.2, -0.15) is 0 Å². The van der Waals surface area contributed by atoms with Crippen LogP contribution in [0.1, 0.15) is 25.9 Å². The molecule has 1 heterocycles. The maximum absolute atomic E-state index is 12.4. The smallest absolute Gasteiger partial charge is 0.330 e.